The number of alkyl halides is 1. The molecule has 3 aliphatic heterocycles. The second-order valence-electron chi connectivity index (χ2n) is 21.2. The standard InChI is InChI=1S/C20H20F2N4O4S.C19H17F3N4O3S.C18H15F2N3O4S/c1-11-9-26(5-4-18(11)27)31(29,30)13-7-14(19-17(8-13)23-10-24-19)20(28)25-12-2-3-15(21)16(22)6-12;1-10-7-26(8-16(10)22)30(28,29)12-5-13(18-17(6-12)23-9-24-18)19(27)25-11-2-3-14(20)15(21)4-11;19-15-2-1-11(6-16(15)20)22-18(25)14-7-13(5-10-3-4-21-17(10)14)28(26,27)23-8-12(24)9-23/h2-3,6-8,10-11,18,27H,4-5,9H2,1H3,(H,23,24)(H,25,28);2-6,9-10,16H,7-8H2,1H3,(H,23,24)(H,25,27);1-7,12,21,24H,8-9H2,(H,22,25). The molecular formula is C57H52F7N11O11S3. The first-order valence-electron chi connectivity index (χ1n) is 26.9. The minimum absolute atomic E-state index is 0.00974. The molecule has 468 valence electrons. The number of imidazole rings is 2. The van der Waals surface area contributed by atoms with Crippen LogP contribution in [0.5, 0.6) is 0 Å². The van der Waals surface area contributed by atoms with Gasteiger partial charge in [-0.1, -0.05) is 13.8 Å². The van der Waals surface area contributed by atoms with E-state index >= 15 is 0 Å². The first kappa shape index (κ1) is 63.4. The number of anilines is 3. The number of fused-ring (bicyclic) bond motifs is 3. The summed E-state index contributed by atoms with van der Waals surface area (Å²) in [5, 5.41) is 27.1. The summed E-state index contributed by atoms with van der Waals surface area (Å²) in [6.07, 6.45) is 1.95. The second-order valence-corrected chi connectivity index (χ2v) is 27.0. The van der Waals surface area contributed by atoms with Crippen LogP contribution in [-0.2, 0) is 30.1 Å². The number of nitrogens with one attached hydrogen (secondary N) is 6. The van der Waals surface area contributed by atoms with Crippen LogP contribution >= 0.6 is 0 Å². The van der Waals surface area contributed by atoms with Crippen LogP contribution in [0, 0.1) is 46.7 Å². The largest absolute Gasteiger partial charge is 0.393 e. The number of benzene rings is 6. The van der Waals surface area contributed by atoms with Crippen LogP contribution in [0.2, 0.25) is 0 Å². The normalized spacial score (nSPS) is 18.6. The Morgan fingerprint density at radius 2 is 0.921 bits per heavy atom. The minimum atomic E-state index is -4.06. The third kappa shape index (κ3) is 13.2. The Bertz CT molecular complexity index is 4600. The van der Waals surface area contributed by atoms with Gasteiger partial charge in [-0.05, 0) is 91.2 Å². The fraction of sp³-hybridized carbons (Fsp3) is 0.246. The summed E-state index contributed by atoms with van der Waals surface area (Å²) in [4.78, 5) is 54.5. The van der Waals surface area contributed by atoms with Gasteiger partial charge in [-0.2, -0.15) is 12.9 Å². The quantitative estimate of drug-likeness (QED) is 0.0547. The lowest BCUT2D eigenvalue weighted by Crippen LogP contribution is -2.53. The van der Waals surface area contributed by atoms with Gasteiger partial charge >= 0.3 is 0 Å². The lowest BCUT2D eigenvalue weighted by molar-refractivity contribution is 0.0548. The van der Waals surface area contributed by atoms with Crippen LogP contribution < -0.4 is 16.0 Å². The summed E-state index contributed by atoms with van der Waals surface area (Å²) in [5.41, 5.74) is 1.42. The Labute approximate surface area is 501 Å². The van der Waals surface area contributed by atoms with Gasteiger partial charge in [0.15, 0.2) is 34.9 Å². The van der Waals surface area contributed by atoms with Crippen LogP contribution in [0.1, 0.15) is 51.3 Å². The summed E-state index contributed by atoms with van der Waals surface area (Å²) in [6.45, 7) is 3.45. The highest BCUT2D eigenvalue weighted by atomic mass is 32.2. The zero-order chi connectivity index (χ0) is 64.0. The third-order valence-electron chi connectivity index (χ3n) is 14.9. The lowest BCUT2D eigenvalue weighted by atomic mass is 9.99. The summed E-state index contributed by atoms with van der Waals surface area (Å²) < 4.78 is 175. The fourth-order valence-corrected chi connectivity index (χ4v) is 14.7. The Balaban J connectivity index is 0.000000147. The molecule has 0 radical (unpaired) electrons. The molecule has 0 spiro atoms. The van der Waals surface area contributed by atoms with Gasteiger partial charge in [0.1, 0.15) is 17.2 Å². The Morgan fingerprint density at radius 3 is 1.35 bits per heavy atom. The molecule has 6 aromatic carbocycles. The highest BCUT2D eigenvalue weighted by Gasteiger charge is 2.39. The smallest absolute Gasteiger partial charge is 0.257 e. The van der Waals surface area contributed by atoms with Gasteiger partial charge in [-0.15, -0.1) is 0 Å². The van der Waals surface area contributed by atoms with Gasteiger partial charge in [0.05, 0.1) is 72.8 Å². The van der Waals surface area contributed by atoms with Crippen molar-refractivity contribution in [1.29, 1.82) is 0 Å². The molecule has 3 fully saturated rings. The monoisotopic (exact) mass is 1300 g/mol. The number of rotatable bonds is 12. The van der Waals surface area contributed by atoms with Crippen molar-refractivity contribution in [2.24, 2.45) is 11.8 Å². The molecule has 4 atom stereocenters. The van der Waals surface area contributed by atoms with Gasteiger partial charge < -0.3 is 41.1 Å². The molecule has 6 heterocycles. The van der Waals surface area contributed by atoms with Crippen LogP contribution in [0.3, 0.4) is 0 Å². The maximum atomic E-state index is 13.9. The number of aliphatic hydroxyl groups excluding tert-OH is 2. The van der Waals surface area contributed by atoms with Crippen molar-refractivity contribution in [3.8, 4) is 0 Å². The van der Waals surface area contributed by atoms with E-state index in [4.69, 9.17) is 0 Å². The van der Waals surface area contributed by atoms with E-state index in [1.165, 1.54) is 65.5 Å². The number of sulfonamides is 3. The van der Waals surface area contributed by atoms with Crippen LogP contribution in [0.4, 0.5) is 47.8 Å². The van der Waals surface area contributed by atoms with Crippen molar-refractivity contribution in [2.45, 2.75) is 53.3 Å². The van der Waals surface area contributed by atoms with E-state index < -0.39 is 107 Å². The predicted molar refractivity (Wildman–Crippen MR) is 310 cm³/mol. The van der Waals surface area contributed by atoms with E-state index in [-0.39, 0.29) is 110 Å². The number of β-amino-alcohol motifs (C(OH)–C–C–N with tert-alkyl or cyclic N) is 1. The first-order chi connectivity index (χ1) is 42.1. The number of halogens is 7. The minimum Gasteiger partial charge on any atom is -0.393 e. The second kappa shape index (κ2) is 25.1. The van der Waals surface area contributed by atoms with Crippen LogP contribution in [0.15, 0.2) is 131 Å². The molecule has 32 heteroatoms. The zero-order valence-electron chi connectivity index (χ0n) is 46.5. The number of hydrogen-bond donors (Lipinski definition) is 8. The maximum absolute atomic E-state index is 13.9. The average Bonchev–Trinajstić information content (AvgIpc) is 1.95. The Hall–Kier alpha value is -8.63. The average molecular weight is 1300 g/mol. The number of carbonyl (C=O) groups excluding carboxylic acids is 3. The SMILES string of the molecule is CC1CN(S(=O)(=O)c2cc(C(=O)Nc3ccc(F)c(F)c3)c3nc[nH]c3c2)CC1F.CC1CN(S(=O)(=O)c2cc(C(=O)Nc3ccc(F)c(F)c3)c3nc[nH]c3c2)CCC1O.O=C(Nc1ccc(F)c(F)c1)c1cc(S(=O)(=O)N2CC(O)C2)cc2cc[nH]c12. The van der Waals surface area contributed by atoms with Crippen molar-refractivity contribution in [1.82, 2.24) is 37.8 Å². The number of carbonyl (C=O) groups is 3. The van der Waals surface area contributed by atoms with Crippen LogP contribution in [-0.4, -0.2) is 149 Å². The molecule has 12 rings (SSSR count). The van der Waals surface area contributed by atoms with Crippen molar-refractivity contribution in [3.63, 3.8) is 0 Å². The molecule has 3 aromatic heterocycles. The number of amides is 3. The van der Waals surface area contributed by atoms with E-state index in [2.05, 4.69) is 40.9 Å². The Kier molecular flexibility index (Phi) is 17.9. The Morgan fingerprint density at radius 1 is 0.506 bits per heavy atom. The van der Waals surface area contributed by atoms with Gasteiger partial charge in [0.2, 0.25) is 30.1 Å². The summed E-state index contributed by atoms with van der Waals surface area (Å²) in [7, 11) is -11.9. The van der Waals surface area contributed by atoms with Gasteiger partial charge in [0, 0.05) is 92.0 Å². The molecule has 0 bridgehead atoms. The molecule has 8 N–H and O–H groups in total. The number of hydrogen-bond acceptors (Lipinski definition) is 13. The predicted octanol–water partition coefficient (Wildman–Crippen LogP) is 7.62. The van der Waals surface area contributed by atoms with Crippen molar-refractivity contribution in [3.05, 3.63) is 168 Å². The number of aliphatic hydroxyl groups is 2. The van der Waals surface area contributed by atoms with Crippen LogP contribution in [0.25, 0.3) is 33.0 Å². The van der Waals surface area contributed by atoms with Crippen molar-refractivity contribution >= 4 is 97.8 Å². The summed E-state index contributed by atoms with van der Waals surface area (Å²) in [6, 6.07) is 18.0. The van der Waals surface area contributed by atoms with E-state index in [0.717, 1.165) is 51.1 Å². The highest BCUT2D eigenvalue weighted by Crippen LogP contribution is 2.33. The lowest BCUT2D eigenvalue weighted by Gasteiger charge is -2.34. The number of aromatic amines is 3. The molecule has 89 heavy (non-hydrogen) atoms. The summed E-state index contributed by atoms with van der Waals surface area (Å²) in [5.74, 6) is -9.37. The topological polar surface area (TPSA) is 313 Å². The molecule has 22 nitrogen and oxygen atoms in total. The molecule has 4 unspecified atom stereocenters. The maximum Gasteiger partial charge on any atom is 0.257 e. The highest BCUT2D eigenvalue weighted by molar-refractivity contribution is 7.89. The number of piperidine rings is 1. The zero-order valence-corrected chi connectivity index (χ0v) is 48.9. The molecule has 3 saturated heterocycles. The van der Waals surface area contributed by atoms with Gasteiger partial charge in [-0.25, -0.2) is 66.0 Å². The first-order valence-corrected chi connectivity index (χ1v) is 31.3. The molecule has 3 aliphatic rings. The summed E-state index contributed by atoms with van der Waals surface area (Å²) >= 11 is 0. The third-order valence-corrected chi connectivity index (χ3v) is 20.4. The van der Waals surface area contributed by atoms with E-state index in [0.29, 0.717) is 22.8 Å². The molecule has 0 aliphatic carbocycles. The molecule has 9 aromatic rings. The van der Waals surface area contributed by atoms with Gasteiger partial charge in [0.25, 0.3) is 17.7 Å². The van der Waals surface area contributed by atoms with Crippen molar-refractivity contribution < 1.29 is 80.6 Å². The molecule has 0 saturated carbocycles. The number of nitrogens with zero attached hydrogens (tertiary/aromatic N) is 5. The van der Waals surface area contributed by atoms with Crippen molar-refractivity contribution in [2.75, 3.05) is 55.2 Å². The molecular weight excluding hydrogens is 1240 g/mol. The number of H-pyrrole nitrogens is 3. The fourth-order valence-electron chi connectivity index (χ4n) is 9.93. The number of aromatic nitrogens is 5. The van der Waals surface area contributed by atoms with Gasteiger partial charge in [-0.3, -0.25) is 14.4 Å². The van der Waals surface area contributed by atoms with E-state index in [1.807, 2.05) is 0 Å². The molecule has 3 amide bonds. The van der Waals surface area contributed by atoms with E-state index in [1.54, 1.807) is 26.1 Å². The van der Waals surface area contributed by atoms with E-state index in [9.17, 15) is 80.6 Å².